The van der Waals surface area contributed by atoms with Crippen molar-refractivity contribution >= 4 is 23.8 Å². The first-order valence-corrected chi connectivity index (χ1v) is 10.2. The molecule has 0 bridgehead atoms. The van der Waals surface area contributed by atoms with E-state index in [2.05, 4.69) is 50.9 Å². The Morgan fingerprint density at radius 2 is 1.90 bits per heavy atom. The number of carbonyl (C=O) groups is 2. The van der Waals surface area contributed by atoms with Crippen LogP contribution in [0.3, 0.4) is 0 Å². The Kier molecular flexibility index (Phi) is 4.54. The van der Waals surface area contributed by atoms with Gasteiger partial charge < -0.3 is 10.6 Å². The minimum absolute atomic E-state index is 0.0286. The van der Waals surface area contributed by atoms with Crippen LogP contribution in [-0.4, -0.2) is 22.3 Å². The van der Waals surface area contributed by atoms with Crippen LogP contribution in [0, 0.1) is 0 Å². The summed E-state index contributed by atoms with van der Waals surface area (Å²) in [7, 11) is 0. The lowest BCUT2D eigenvalue weighted by Gasteiger charge is -2.19. The molecule has 1 saturated carbocycles. The van der Waals surface area contributed by atoms with E-state index in [9.17, 15) is 9.59 Å². The number of benzene rings is 1. The monoisotopic (exact) mass is 398 g/mol. The number of rotatable bonds is 3. The summed E-state index contributed by atoms with van der Waals surface area (Å²) in [6.45, 7) is 0. The zero-order valence-corrected chi connectivity index (χ0v) is 16.5. The number of anilines is 2. The second-order valence-corrected chi connectivity index (χ2v) is 8.07. The number of hydrogen-bond donors (Lipinski definition) is 2. The number of nitrogens with one attached hydrogen (secondary N) is 2. The van der Waals surface area contributed by atoms with Crippen molar-refractivity contribution in [3.05, 3.63) is 83.3 Å². The number of hydrogen-bond acceptors (Lipinski definition) is 4. The van der Waals surface area contributed by atoms with Gasteiger partial charge in [-0.2, -0.15) is 0 Å². The highest BCUT2D eigenvalue weighted by molar-refractivity contribution is 6.06. The molecule has 3 aromatic rings. The Hall–Kier alpha value is -3.54. The first-order chi connectivity index (χ1) is 14.7. The molecule has 30 heavy (non-hydrogen) atoms. The van der Waals surface area contributed by atoms with Crippen molar-refractivity contribution in [3.8, 4) is 0 Å². The van der Waals surface area contributed by atoms with E-state index in [-0.39, 0.29) is 5.91 Å². The normalized spacial score (nSPS) is 20.6. The van der Waals surface area contributed by atoms with Crippen molar-refractivity contribution in [1.82, 2.24) is 9.97 Å². The van der Waals surface area contributed by atoms with Crippen LogP contribution in [0.5, 0.6) is 0 Å². The van der Waals surface area contributed by atoms with Crippen LogP contribution in [-0.2, 0) is 27.8 Å². The predicted molar refractivity (Wildman–Crippen MR) is 114 cm³/mol. The molecule has 1 unspecified atom stereocenters. The third-order valence-corrected chi connectivity index (χ3v) is 6.09. The van der Waals surface area contributed by atoms with Crippen molar-refractivity contribution < 1.29 is 9.59 Å². The minimum Gasteiger partial charge on any atom is -0.327 e. The van der Waals surface area contributed by atoms with E-state index in [0.29, 0.717) is 30.8 Å². The van der Waals surface area contributed by atoms with Gasteiger partial charge in [-0.25, -0.2) is 4.98 Å². The topological polar surface area (TPSA) is 84.0 Å². The number of nitrogens with zero attached hydrogens (tertiary/aromatic N) is 2. The summed E-state index contributed by atoms with van der Waals surface area (Å²) < 4.78 is 0. The molecule has 6 rings (SSSR count). The molecule has 3 aliphatic rings. The van der Waals surface area contributed by atoms with Crippen LogP contribution in [0.2, 0.25) is 0 Å². The van der Waals surface area contributed by atoms with E-state index < -0.39 is 5.41 Å². The Bertz CT molecular complexity index is 1110. The predicted octanol–water partition coefficient (Wildman–Crippen LogP) is 3.60. The third-order valence-electron chi connectivity index (χ3n) is 6.09. The van der Waals surface area contributed by atoms with Crippen molar-refractivity contribution in [2.45, 2.75) is 37.0 Å². The third kappa shape index (κ3) is 3.24. The smallest absolute Gasteiger partial charge is 0.237 e. The van der Waals surface area contributed by atoms with E-state index >= 15 is 0 Å². The molecule has 0 radical (unpaired) electrons. The van der Waals surface area contributed by atoms with Crippen molar-refractivity contribution in [3.63, 3.8) is 0 Å². The fourth-order valence-electron chi connectivity index (χ4n) is 4.40. The Balaban J connectivity index is 0.000000178. The van der Waals surface area contributed by atoms with Gasteiger partial charge in [-0.3, -0.25) is 14.6 Å². The number of pyridine rings is 2. The molecule has 1 fully saturated rings. The SMILES string of the molecule is O=CNc1cnc2c(c1)CC1(C2)C(=O)Nc2ncccc21.c1ccc(C2CC2)cc1. The van der Waals surface area contributed by atoms with Crippen LogP contribution in [0.15, 0.2) is 60.9 Å². The quantitative estimate of drug-likeness (QED) is 0.661. The molecule has 6 nitrogen and oxygen atoms in total. The van der Waals surface area contributed by atoms with Gasteiger partial charge in [0, 0.05) is 23.9 Å². The summed E-state index contributed by atoms with van der Waals surface area (Å²) in [5.41, 5.74) is 4.38. The summed E-state index contributed by atoms with van der Waals surface area (Å²) in [5.74, 6) is 1.52. The molecule has 1 aromatic carbocycles. The summed E-state index contributed by atoms with van der Waals surface area (Å²) in [5, 5.41) is 5.45. The molecule has 6 heteroatoms. The van der Waals surface area contributed by atoms with Gasteiger partial charge >= 0.3 is 0 Å². The molecule has 2 N–H and O–H groups in total. The fourth-order valence-corrected chi connectivity index (χ4v) is 4.40. The van der Waals surface area contributed by atoms with E-state index in [4.69, 9.17) is 0 Å². The standard InChI is InChI=1S/C15H12N4O2.C9H10/c20-8-18-10-4-9-5-15(6-12(9)17-7-10)11-2-1-3-16-13(11)19-14(15)21;1-2-4-8(5-3-1)9-6-7-9/h1-4,7-8H,5-6H2,(H,18,20)(H,16,19,21);1-5,9H,6-7H2. The van der Waals surface area contributed by atoms with Crippen molar-refractivity contribution in [2.75, 3.05) is 10.6 Å². The molecule has 1 atom stereocenters. The molecule has 1 aliphatic heterocycles. The fraction of sp³-hybridized carbons (Fsp3) is 0.250. The molecular formula is C24H22N4O2. The van der Waals surface area contributed by atoms with E-state index in [1.807, 2.05) is 18.2 Å². The Morgan fingerprint density at radius 1 is 1.07 bits per heavy atom. The maximum Gasteiger partial charge on any atom is 0.237 e. The zero-order valence-electron chi connectivity index (χ0n) is 16.5. The van der Waals surface area contributed by atoms with Gasteiger partial charge in [-0.15, -0.1) is 0 Å². The van der Waals surface area contributed by atoms with Crippen LogP contribution >= 0.6 is 0 Å². The van der Waals surface area contributed by atoms with E-state index in [1.54, 1.807) is 12.4 Å². The maximum absolute atomic E-state index is 12.5. The van der Waals surface area contributed by atoms with Gasteiger partial charge in [0.15, 0.2) is 0 Å². The number of carbonyl (C=O) groups excluding carboxylic acids is 2. The number of amides is 2. The summed E-state index contributed by atoms with van der Waals surface area (Å²) in [6, 6.07) is 16.4. The number of fused-ring (bicyclic) bond motifs is 3. The molecule has 2 aromatic heterocycles. The van der Waals surface area contributed by atoms with Gasteiger partial charge in [0.25, 0.3) is 0 Å². The first-order valence-electron chi connectivity index (χ1n) is 10.2. The molecular weight excluding hydrogens is 376 g/mol. The molecule has 2 amide bonds. The maximum atomic E-state index is 12.5. The van der Waals surface area contributed by atoms with Crippen molar-refractivity contribution in [2.24, 2.45) is 0 Å². The van der Waals surface area contributed by atoms with Gasteiger partial charge in [-0.1, -0.05) is 36.4 Å². The summed E-state index contributed by atoms with van der Waals surface area (Å²) in [6.07, 6.45) is 7.86. The lowest BCUT2D eigenvalue weighted by Crippen LogP contribution is -2.35. The molecule has 0 saturated heterocycles. The Morgan fingerprint density at radius 3 is 2.67 bits per heavy atom. The lowest BCUT2D eigenvalue weighted by molar-refractivity contribution is -0.120. The van der Waals surface area contributed by atoms with Crippen molar-refractivity contribution in [1.29, 1.82) is 0 Å². The number of aromatic nitrogens is 2. The molecule has 1 spiro atoms. The van der Waals surface area contributed by atoms with Crippen LogP contribution in [0.1, 0.15) is 41.1 Å². The second-order valence-electron chi connectivity index (χ2n) is 8.07. The van der Waals surface area contributed by atoms with Gasteiger partial charge in [0.1, 0.15) is 5.82 Å². The second kappa shape index (κ2) is 7.37. The zero-order chi connectivity index (χ0) is 20.6. The van der Waals surface area contributed by atoms with E-state index in [1.165, 1.54) is 18.4 Å². The molecule has 3 heterocycles. The largest absolute Gasteiger partial charge is 0.327 e. The molecule has 150 valence electrons. The molecule has 2 aliphatic carbocycles. The Labute approximate surface area is 174 Å². The van der Waals surface area contributed by atoms with Gasteiger partial charge in [-0.05, 0) is 48.4 Å². The van der Waals surface area contributed by atoms with E-state index in [0.717, 1.165) is 22.7 Å². The van der Waals surface area contributed by atoms with Crippen LogP contribution in [0.25, 0.3) is 0 Å². The highest BCUT2D eigenvalue weighted by Crippen LogP contribution is 2.46. The van der Waals surface area contributed by atoms with Gasteiger partial charge in [0.05, 0.1) is 17.3 Å². The highest BCUT2D eigenvalue weighted by atomic mass is 16.2. The highest BCUT2D eigenvalue weighted by Gasteiger charge is 2.51. The first kappa shape index (κ1) is 18.5. The van der Waals surface area contributed by atoms with Crippen LogP contribution < -0.4 is 10.6 Å². The summed E-state index contributed by atoms with van der Waals surface area (Å²) >= 11 is 0. The summed E-state index contributed by atoms with van der Waals surface area (Å²) in [4.78, 5) is 31.6. The minimum atomic E-state index is -0.612. The lowest BCUT2D eigenvalue weighted by atomic mass is 9.80. The van der Waals surface area contributed by atoms with Crippen LogP contribution in [0.4, 0.5) is 11.5 Å². The van der Waals surface area contributed by atoms with Gasteiger partial charge in [0.2, 0.25) is 12.3 Å². The average Bonchev–Trinajstić information content (AvgIpc) is 3.50. The average molecular weight is 398 g/mol.